The van der Waals surface area contributed by atoms with E-state index in [1.165, 1.54) is 0 Å². The number of aldehydes is 1. The van der Waals surface area contributed by atoms with Gasteiger partial charge in [-0.15, -0.1) is 12.6 Å². The topological polar surface area (TPSA) is 17.1 Å². The van der Waals surface area contributed by atoms with Crippen molar-refractivity contribution in [1.82, 2.24) is 0 Å². The molecule has 1 nitrogen and oxygen atoms in total. The lowest BCUT2D eigenvalue weighted by Crippen LogP contribution is -1.86. The summed E-state index contributed by atoms with van der Waals surface area (Å²) in [5.41, 5.74) is 1.14. The van der Waals surface area contributed by atoms with Crippen LogP contribution in [0.5, 0.6) is 0 Å². The van der Waals surface area contributed by atoms with E-state index in [9.17, 15) is 4.79 Å². The zero-order valence-electron chi connectivity index (χ0n) is 6.16. The van der Waals surface area contributed by atoms with E-state index in [0.717, 1.165) is 23.2 Å². The Balaban J connectivity index is 2.69. The summed E-state index contributed by atoms with van der Waals surface area (Å²) >= 11 is 4.25. The average Bonchev–Trinajstić information content (AvgIpc) is 2.03. The molecule has 0 amide bonds. The lowest BCUT2D eigenvalue weighted by molar-refractivity contribution is -0.107. The molecule has 0 aliphatic carbocycles. The standard InChI is InChI=1S/C9H10OS/c10-7-3-5-8-4-1-2-6-9(8)11/h1-2,4,6-7,11H,3,5H2. The molecule has 2 heteroatoms. The minimum Gasteiger partial charge on any atom is -0.303 e. The lowest BCUT2D eigenvalue weighted by atomic mass is 10.1. The molecule has 1 aromatic carbocycles. The van der Waals surface area contributed by atoms with Gasteiger partial charge in [-0.2, -0.15) is 0 Å². The van der Waals surface area contributed by atoms with Gasteiger partial charge in [0.05, 0.1) is 0 Å². The summed E-state index contributed by atoms with van der Waals surface area (Å²) in [6, 6.07) is 7.82. The molecule has 1 aromatic rings. The van der Waals surface area contributed by atoms with Crippen LogP contribution in [-0.4, -0.2) is 6.29 Å². The van der Waals surface area contributed by atoms with Crippen LogP contribution in [0.25, 0.3) is 0 Å². The second kappa shape index (κ2) is 4.19. The fourth-order valence-electron chi connectivity index (χ4n) is 0.937. The maximum absolute atomic E-state index is 10.1. The molecule has 0 unspecified atom stereocenters. The third-order valence-electron chi connectivity index (χ3n) is 1.52. The second-order valence-corrected chi connectivity index (χ2v) is 2.82. The monoisotopic (exact) mass is 166 g/mol. The smallest absolute Gasteiger partial charge is 0.120 e. The summed E-state index contributed by atoms with van der Waals surface area (Å²) in [6.07, 6.45) is 2.31. The van der Waals surface area contributed by atoms with Crippen LogP contribution in [0, 0.1) is 0 Å². The minimum absolute atomic E-state index is 0.581. The van der Waals surface area contributed by atoms with E-state index in [2.05, 4.69) is 12.6 Å². The lowest BCUT2D eigenvalue weighted by Gasteiger charge is -1.99. The van der Waals surface area contributed by atoms with Crippen molar-refractivity contribution >= 4 is 18.9 Å². The molecule has 0 saturated heterocycles. The van der Waals surface area contributed by atoms with E-state index in [1.807, 2.05) is 24.3 Å². The van der Waals surface area contributed by atoms with Crippen molar-refractivity contribution in [2.75, 3.05) is 0 Å². The van der Waals surface area contributed by atoms with Crippen LogP contribution in [0.2, 0.25) is 0 Å². The predicted molar refractivity (Wildman–Crippen MR) is 48.1 cm³/mol. The Morgan fingerprint density at radius 1 is 1.36 bits per heavy atom. The number of hydrogen-bond acceptors (Lipinski definition) is 2. The maximum atomic E-state index is 10.1. The molecule has 0 heterocycles. The maximum Gasteiger partial charge on any atom is 0.120 e. The highest BCUT2D eigenvalue weighted by Gasteiger charge is 1.95. The Hall–Kier alpha value is -0.760. The SMILES string of the molecule is O=CCCc1ccccc1S. The third-order valence-corrected chi connectivity index (χ3v) is 1.96. The zero-order chi connectivity index (χ0) is 8.10. The Kier molecular flexibility index (Phi) is 3.17. The van der Waals surface area contributed by atoms with Gasteiger partial charge < -0.3 is 4.79 Å². The number of thiol groups is 1. The second-order valence-electron chi connectivity index (χ2n) is 2.33. The first kappa shape index (κ1) is 8.34. The van der Waals surface area contributed by atoms with Gasteiger partial charge in [0.2, 0.25) is 0 Å². The van der Waals surface area contributed by atoms with Crippen molar-refractivity contribution in [2.45, 2.75) is 17.7 Å². The Bertz CT molecular complexity index is 245. The third kappa shape index (κ3) is 2.39. The molecule has 0 bridgehead atoms. The number of carbonyl (C=O) groups excluding carboxylic acids is 1. The molecule has 0 saturated carbocycles. The quantitative estimate of drug-likeness (QED) is 0.537. The van der Waals surface area contributed by atoms with Gasteiger partial charge in [-0.25, -0.2) is 0 Å². The van der Waals surface area contributed by atoms with E-state index < -0.39 is 0 Å². The van der Waals surface area contributed by atoms with Gasteiger partial charge >= 0.3 is 0 Å². The first-order valence-electron chi connectivity index (χ1n) is 3.55. The fourth-order valence-corrected chi connectivity index (χ4v) is 1.21. The highest BCUT2D eigenvalue weighted by Crippen LogP contribution is 2.13. The molecular weight excluding hydrogens is 156 g/mol. The van der Waals surface area contributed by atoms with Crippen LogP contribution < -0.4 is 0 Å². The van der Waals surface area contributed by atoms with Crippen LogP contribution in [-0.2, 0) is 11.2 Å². The number of aryl methyl sites for hydroxylation is 1. The van der Waals surface area contributed by atoms with Gasteiger partial charge in [-0.05, 0) is 18.1 Å². The van der Waals surface area contributed by atoms with Crippen LogP contribution in [0.3, 0.4) is 0 Å². The summed E-state index contributed by atoms with van der Waals surface area (Å²) in [7, 11) is 0. The molecular formula is C9H10OS. The van der Waals surface area contributed by atoms with Crippen molar-refractivity contribution in [3.05, 3.63) is 29.8 Å². The Labute approximate surface area is 71.8 Å². The fraction of sp³-hybridized carbons (Fsp3) is 0.222. The number of rotatable bonds is 3. The number of carbonyl (C=O) groups is 1. The summed E-state index contributed by atoms with van der Waals surface area (Å²) < 4.78 is 0. The molecule has 11 heavy (non-hydrogen) atoms. The molecule has 58 valence electrons. The van der Waals surface area contributed by atoms with E-state index >= 15 is 0 Å². The van der Waals surface area contributed by atoms with Crippen LogP contribution >= 0.6 is 12.6 Å². The van der Waals surface area contributed by atoms with E-state index in [0.29, 0.717) is 6.42 Å². The van der Waals surface area contributed by atoms with Gasteiger partial charge in [0.25, 0.3) is 0 Å². The Morgan fingerprint density at radius 3 is 2.73 bits per heavy atom. The molecule has 0 aromatic heterocycles. The molecule has 0 aliphatic rings. The van der Waals surface area contributed by atoms with Crippen molar-refractivity contribution < 1.29 is 4.79 Å². The van der Waals surface area contributed by atoms with Gasteiger partial charge in [0.1, 0.15) is 6.29 Å². The van der Waals surface area contributed by atoms with Crippen LogP contribution in [0.1, 0.15) is 12.0 Å². The summed E-state index contributed by atoms with van der Waals surface area (Å²) in [4.78, 5) is 11.0. The normalized spacial score (nSPS) is 9.55. The zero-order valence-corrected chi connectivity index (χ0v) is 7.05. The first-order chi connectivity index (χ1) is 5.34. The van der Waals surface area contributed by atoms with E-state index in [1.54, 1.807) is 0 Å². The molecule has 0 N–H and O–H groups in total. The van der Waals surface area contributed by atoms with Crippen LogP contribution in [0.4, 0.5) is 0 Å². The molecule has 0 radical (unpaired) electrons. The summed E-state index contributed by atoms with van der Waals surface area (Å²) in [5, 5.41) is 0. The van der Waals surface area contributed by atoms with Gasteiger partial charge in [-0.3, -0.25) is 0 Å². The van der Waals surface area contributed by atoms with E-state index in [-0.39, 0.29) is 0 Å². The highest BCUT2D eigenvalue weighted by atomic mass is 32.1. The number of hydrogen-bond donors (Lipinski definition) is 1. The van der Waals surface area contributed by atoms with E-state index in [4.69, 9.17) is 0 Å². The molecule has 0 spiro atoms. The Morgan fingerprint density at radius 2 is 2.09 bits per heavy atom. The molecule has 0 fully saturated rings. The minimum atomic E-state index is 0.581. The summed E-state index contributed by atoms with van der Waals surface area (Å²) in [5.74, 6) is 0. The average molecular weight is 166 g/mol. The van der Waals surface area contributed by atoms with Crippen molar-refractivity contribution in [3.63, 3.8) is 0 Å². The molecule has 0 atom stereocenters. The van der Waals surface area contributed by atoms with Crippen LogP contribution in [0.15, 0.2) is 29.2 Å². The number of benzene rings is 1. The van der Waals surface area contributed by atoms with Gasteiger partial charge in [0, 0.05) is 11.3 Å². The van der Waals surface area contributed by atoms with Gasteiger partial charge in [-0.1, -0.05) is 18.2 Å². The molecule has 0 aliphatic heterocycles. The van der Waals surface area contributed by atoms with Gasteiger partial charge in [0.15, 0.2) is 0 Å². The first-order valence-corrected chi connectivity index (χ1v) is 4.00. The summed E-state index contributed by atoms with van der Waals surface area (Å²) in [6.45, 7) is 0. The largest absolute Gasteiger partial charge is 0.303 e. The van der Waals surface area contributed by atoms with Crippen molar-refractivity contribution in [2.24, 2.45) is 0 Å². The van der Waals surface area contributed by atoms with Crippen molar-refractivity contribution in [3.8, 4) is 0 Å². The highest BCUT2D eigenvalue weighted by molar-refractivity contribution is 7.80. The predicted octanol–water partition coefficient (Wildman–Crippen LogP) is 2.11. The van der Waals surface area contributed by atoms with Crippen molar-refractivity contribution in [1.29, 1.82) is 0 Å². The molecule has 1 rings (SSSR count).